The highest BCUT2D eigenvalue weighted by Crippen LogP contribution is 2.48. The highest BCUT2D eigenvalue weighted by molar-refractivity contribution is 8.02. The van der Waals surface area contributed by atoms with E-state index in [1.54, 1.807) is 26.0 Å². The minimum atomic E-state index is -2.09. The number of likely N-dealkylation sites (N-methyl/N-ethyl adjacent to an activating group) is 2. The Labute approximate surface area is 426 Å². The quantitative estimate of drug-likeness (QED) is 0.0969. The molecule has 0 aromatic heterocycles. The van der Waals surface area contributed by atoms with E-state index in [-0.39, 0.29) is 50.4 Å². The van der Waals surface area contributed by atoms with Crippen molar-refractivity contribution in [3.8, 4) is 0 Å². The Morgan fingerprint density at radius 3 is 1.42 bits per heavy atom. The van der Waals surface area contributed by atoms with Gasteiger partial charge in [0.15, 0.2) is 12.1 Å². The van der Waals surface area contributed by atoms with Gasteiger partial charge in [0, 0.05) is 48.8 Å². The smallest absolute Gasteiger partial charge is 0.329 e. The van der Waals surface area contributed by atoms with Crippen molar-refractivity contribution in [3.05, 3.63) is 71.8 Å². The number of nitrogens with one attached hydrogen (secondary N) is 5. The predicted molar refractivity (Wildman–Crippen MR) is 259 cm³/mol. The minimum absolute atomic E-state index is 0.0132. The number of carbonyl (C=O) groups excluding carboxylic acids is 9. The molecule has 0 radical (unpaired) electrons. The molecule has 2 aromatic carbocycles. The van der Waals surface area contributed by atoms with Crippen molar-refractivity contribution in [2.75, 3.05) is 39.3 Å². The van der Waals surface area contributed by atoms with Crippen molar-refractivity contribution in [3.63, 3.8) is 0 Å². The van der Waals surface area contributed by atoms with Crippen LogP contribution in [0.15, 0.2) is 60.7 Å². The van der Waals surface area contributed by atoms with Crippen molar-refractivity contribution < 1.29 is 72.9 Å². The summed E-state index contributed by atoms with van der Waals surface area (Å²) in [7, 11) is 0. The van der Waals surface area contributed by atoms with Crippen LogP contribution in [0.25, 0.3) is 0 Å². The van der Waals surface area contributed by atoms with Crippen molar-refractivity contribution in [2.24, 2.45) is 0 Å². The first-order chi connectivity index (χ1) is 34.3. The number of hydrogen-bond acceptors (Lipinski definition) is 15. The molecule has 27 heteroatoms. The number of piperazine rings is 2. The SMILES string of the molecule is CCN1CCN(C(=O)N[C@@H](C(=O)N[C@H](C(=O)O)[C@@H]2N[C@@H](C(=O)N3[C@@H]([C@H](NC(=O)[C@H](NC(=O)N4CCN(CC)C(=O)C4=O)c4ccccc4)C(=O)O)SC(C)(C)[C@@H]3C(=O)O)C(C)(C)S2)c2ccccc2)C(=O)C1=O. The Morgan fingerprint density at radius 1 is 0.603 bits per heavy atom. The van der Waals surface area contributed by atoms with Gasteiger partial charge in [-0.3, -0.25) is 48.7 Å². The lowest BCUT2D eigenvalue weighted by Crippen LogP contribution is -2.64. The summed E-state index contributed by atoms with van der Waals surface area (Å²) in [6.45, 7) is 9.31. The van der Waals surface area contributed by atoms with E-state index in [0.717, 1.165) is 28.4 Å². The molecule has 4 heterocycles. The molecule has 0 aliphatic carbocycles. The zero-order chi connectivity index (χ0) is 53.9. The number of imide groups is 2. The van der Waals surface area contributed by atoms with Crippen LogP contribution in [0.1, 0.15) is 64.8 Å². The van der Waals surface area contributed by atoms with Crippen LogP contribution in [0.4, 0.5) is 9.59 Å². The third-order valence-corrected chi connectivity index (χ3v) is 15.8. The summed E-state index contributed by atoms with van der Waals surface area (Å²) < 4.78 is -2.78. The van der Waals surface area contributed by atoms with Gasteiger partial charge in [-0.25, -0.2) is 24.0 Å². The summed E-state index contributed by atoms with van der Waals surface area (Å²) in [6.07, 6.45) is 0. The van der Waals surface area contributed by atoms with Gasteiger partial charge < -0.3 is 51.3 Å². The van der Waals surface area contributed by atoms with Gasteiger partial charge in [0.25, 0.3) is 0 Å². The Hall–Kier alpha value is -7.26. The van der Waals surface area contributed by atoms with E-state index in [4.69, 9.17) is 0 Å². The molecule has 4 fully saturated rings. The number of rotatable bonds is 16. The molecule has 25 nitrogen and oxygen atoms in total. The lowest BCUT2D eigenvalue weighted by Gasteiger charge is -2.37. The molecule has 0 spiro atoms. The maximum absolute atomic E-state index is 15.1. The number of thioether (sulfide) groups is 2. The Morgan fingerprint density at radius 2 is 1.03 bits per heavy atom. The molecule has 0 saturated carbocycles. The third kappa shape index (κ3) is 11.5. The van der Waals surface area contributed by atoms with E-state index in [9.17, 15) is 68.1 Å². The summed E-state index contributed by atoms with van der Waals surface area (Å²) in [6, 6.07) is 2.32. The third-order valence-electron chi connectivity index (χ3n) is 12.7. The second-order valence-electron chi connectivity index (χ2n) is 18.3. The normalized spacial score (nSPS) is 23.2. The lowest BCUT2D eigenvalue weighted by atomic mass is 9.96. The molecule has 11 amide bonds. The van der Waals surface area contributed by atoms with Crippen molar-refractivity contribution in [2.45, 2.75) is 98.0 Å². The Balaban J connectivity index is 1.26. The summed E-state index contributed by atoms with van der Waals surface area (Å²) >= 11 is 1.62. The van der Waals surface area contributed by atoms with Crippen molar-refractivity contribution in [1.82, 2.24) is 51.1 Å². The van der Waals surface area contributed by atoms with Crippen LogP contribution in [0.3, 0.4) is 0 Å². The number of aliphatic carboxylic acids is 3. The Kier molecular flexibility index (Phi) is 16.8. The van der Waals surface area contributed by atoms with Crippen molar-refractivity contribution >= 4 is 94.8 Å². The maximum Gasteiger partial charge on any atom is 0.329 e. The topological polar surface area (TPSA) is 342 Å². The zero-order valence-corrected chi connectivity index (χ0v) is 42.1. The molecule has 0 unspecified atom stereocenters. The number of carbonyl (C=O) groups is 12. The molecule has 0 bridgehead atoms. The number of amides is 11. The average Bonchev–Trinajstić information content (AvgIpc) is 3.82. The van der Waals surface area contributed by atoms with Gasteiger partial charge in [0.1, 0.15) is 29.5 Å². The summed E-state index contributed by atoms with van der Waals surface area (Å²) in [5.74, 6) is -12.3. The van der Waals surface area contributed by atoms with E-state index in [0.29, 0.717) is 9.80 Å². The number of carboxylic acids is 3. The van der Waals surface area contributed by atoms with Gasteiger partial charge in [-0.15, -0.1) is 23.5 Å². The number of urea groups is 2. The standard InChI is InChI=1S/C46H56N10O15S2/c1-7-52-19-21-54(37(62)35(52)60)43(70)49-25(23-15-11-9-12-16-23)31(57)47-27(40(64)65)33-51-29(45(3,4)72-33)34(59)56-30(42(68)69)46(5,6)73-39(56)28(41(66)67)48-32(58)26(24-17-13-10-14-18-24)50-44(71)55-22-20-53(8-2)36(61)38(55)63/h9-18,25-30,33,39,51H,7-8,19-22H2,1-6H3,(H,47,57)(H,48,58)(H,49,70)(H,50,71)(H,64,65)(H,66,67)(H,68,69)/t25-,26-,27+,28+,29+,30+,33-,39-/m1/s1. The first-order valence-electron chi connectivity index (χ1n) is 23.0. The highest BCUT2D eigenvalue weighted by atomic mass is 32.2. The van der Waals surface area contributed by atoms with Gasteiger partial charge in [0.2, 0.25) is 17.7 Å². The van der Waals surface area contributed by atoms with Crippen LogP contribution in [-0.2, 0) is 47.9 Å². The summed E-state index contributed by atoms with van der Waals surface area (Å²) in [5, 5.41) is 41.5. The van der Waals surface area contributed by atoms with Crippen LogP contribution in [0.2, 0.25) is 0 Å². The van der Waals surface area contributed by atoms with Crippen LogP contribution >= 0.6 is 23.5 Å². The molecule has 2 aromatic rings. The van der Waals surface area contributed by atoms with E-state index >= 15 is 4.79 Å². The number of nitrogens with zero attached hydrogens (tertiary/aromatic N) is 5. The van der Waals surface area contributed by atoms with E-state index in [1.807, 2.05) is 0 Å². The summed E-state index contributed by atoms with van der Waals surface area (Å²) in [5.41, 5.74) is 0.284. The second-order valence-corrected chi connectivity index (χ2v) is 21.8. The molecular weight excluding hydrogens is 997 g/mol. The zero-order valence-electron chi connectivity index (χ0n) is 40.4. The molecule has 4 saturated heterocycles. The van der Waals surface area contributed by atoms with E-state index < -0.39 is 128 Å². The fraction of sp³-hybridized carbons (Fsp3) is 0.478. The fourth-order valence-electron chi connectivity index (χ4n) is 8.92. The fourth-order valence-corrected chi connectivity index (χ4v) is 12.0. The highest BCUT2D eigenvalue weighted by Gasteiger charge is 2.61. The predicted octanol–water partition coefficient (Wildman–Crippen LogP) is -0.649. The van der Waals surface area contributed by atoms with Crippen LogP contribution in [0, 0.1) is 0 Å². The number of benzene rings is 2. The molecular formula is C46H56N10O15S2. The van der Waals surface area contributed by atoms with Crippen LogP contribution in [-0.4, -0.2) is 195 Å². The molecule has 8 N–H and O–H groups in total. The first-order valence-corrected chi connectivity index (χ1v) is 24.8. The van der Waals surface area contributed by atoms with E-state index in [1.165, 1.54) is 86.0 Å². The largest absolute Gasteiger partial charge is 0.480 e. The van der Waals surface area contributed by atoms with E-state index in [2.05, 4.69) is 26.6 Å². The molecule has 4 aliphatic heterocycles. The van der Waals surface area contributed by atoms with Crippen LogP contribution < -0.4 is 26.6 Å². The number of hydrogen-bond donors (Lipinski definition) is 8. The summed E-state index contributed by atoms with van der Waals surface area (Å²) in [4.78, 5) is 166. The lowest BCUT2D eigenvalue weighted by molar-refractivity contribution is -0.155. The van der Waals surface area contributed by atoms with Gasteiger partial charge in [-0.2, -0.15) is 0 Å². The monoisotopic (exact) mass is 1050 g/mol. The average molecular weight is 1050 g/mol. The van der Waals surface area contributed by atoms with Gasteiger partial charge >= 0.3 is 53.6 Å². The van der Waals surface area contributed by atoms with Gasteiger partial charge in [0.05, 0.1) is 5.37 Å². The molecule has 8 atom stereocenters. The number of carboxylic acid groups (broad SMARTS) is 3. The van der Waals surface area contributed by atoms with Gasteiger partial charge in [-0.05, 0) is 52.7 Å². The molecule has 392 valence electrons. The van der Waals surface area contributed by atoms with Crippen molar-refractivity contribution in [1.29, 1.82) is 0 Å². The first kappa shape index (κ1) is 55.1. The van der Waals surface area contributed by atoms with Gasteiger partial charge in [-0.1, -0.05) is 60.7 Å². The Bertz CT molecular complexity index is 2570. The maximum atomic E-state index is 15.1. The minimum Gasteiger partial charge on any atom is -0.480 e. The second kappa shape index (κ2) is 22.2. The molecule has 4 aliphatic rings. The van der Waals surface area contributed by atoms with Crippen LogP contribution in [0.5, 0.6) is 0 Å². The molecule has 73 heavy (non-hydrogen) atoms. The molecule has 6 rings (SSSR count).